The molecule has 0 aromatic heterocycles. The second-order valence-electron chi connectivity index (χ2n) is 8.38. The first-order valence-corrected chi connectivity index (χ1v) is 12.8. The van der Waals surface area contributed by atoms with Gasteiger partial charge in [0.05, 0.1) is 17.5 Å². The monoisotopic (exact) mass is 533 g/mol. The van der Waals surface area contributed by atoms with Gasteiger partial charge in [-0.15, -0.1) is 0 Å². The molecule has 0 N–H and O–H groups in total. The van der Waals surface area contributed by atoms with Gasteiger partial charge in [-0.1, -0.05) is 72.9 Å². The highest BCUT2D eigenvalue weighted by molar-refractivity contribution is 9.12. The largest absolute Gasteiger partial charge is 0.497 e. The number of piperidine rings is 1. The van der Waals surface area contributed by atoms with Crippen molar-refractivity contribution in [1.29, 1.82) is 0 Å². The smallest absolute Gasteiger partial charge is 0.174 e. The van der Waals surface area contributed by atoms with Crippen LogP contribution in [0, 0.1) is 0 Å². The normalized spacial score (nSPS) is 15.3. The van der Waals surface area contributed by atoms with Crippen molar-refractivity contribution >= 4 is 44.5 Å². The number of thiocarbonyl (C=S) groups is 1. The molecule has 3 aromatic rings. The van der Waals surface area contributed by atoms with E-state index in [2.05, 4.69) is 20.8 Å². The Bertz CT molecular complexity index is 1150. The maximum absolute atomic E-state index is 14.1. The van der Waals surface area contributed by atoms with Gasteiger partial charge in [0.1, 0.15) is 10.7 Å². The van der Waals surface area contributed by atoms with Crippen LogP contribution in [-0.4, -0.2) is 35.9 Å². The molecule has 5 heteroatoms. The van der Waals surface area contributed by atoms with Crippen LogP contribution in [0.4, 0.5) is 0 Å². The van der Waals surface area contributed by atoms with Crippen molar-refractivity contribution in [2.45, 2.75) is 25.2 Å². The number of ether oxygens (including phenoxy) is 1. The highest BCUT2D eigenvalue weighted by Gasteiger charge is 2.31. The van der Waals surface area contributed by atoms with E-state index < -0.39 is 5.92 Å². The highest BCUT2D eigenvalue weighted by atomic mass is 79.9. The predicted octanol–water partition coefficient (Wildman–Crippen LogP) is 7.28. The van der Waals surface area contributed by atoms with Crippen molar-refractivity contribution in [3.8, 4) is 5.75 Å². The molecule has 3 aromatic carbocycles. The molecule has 4 rings (SSSR count). The second-order valence-corrected chi connectivity index (χ2v) is 9.56. The molecule has 0 bridgehead atoms. The molecule has 1 heterocycles. The summed E-state index contributed by atoms with van der Waals surface area (Å²) in [5.74, 6) is 0.222. The van der Waals surface area contributed by atoms with Crippen LogP contribution in [0.15, 0.2) is 89.4 Å². The van der Waals surface area contributed by atoms with E-state index in [1.54, 1.807) is 7.11 Å². The molecule has 0 aliphatic carbocycles. The zero-order valence-electron chi connectivity index (χ0n) is 19.2. The number of carbonyl (C=O) groups excluding carboxylic acids is 1. The molecular weight excluding hydrogens is 506 g/mol. The first-order valence-electron chi connectivity index (χ1n) is 11.6. The van der Waals surface area contributed by atoms with E-state index in [1.165, 1.54) is 6.42 Å². The lowest BCUT2D eigenvalue weighted by molar-refractivity contribution is 0.0979. The van der Waals surface area contributed by atoms with Crippen LogP contribution in [0.1, 0.15) is 46.7 Å². The summed E-state index contributed by atoms with van der Waals surface area (Å²) < 4.78 is 6.11. The summed E-state index contributed by atoms with van der Waals surface area (Å²) in [6.07, 6.45) is 3.50. The summed E-state index contributed by atoms with van der Waals surface area (Å²) in [7, 11) is 1.62. The Morgan fingerprint density at radius 2 is 1.44 bits per heavy atom. The van der Waals surface area contributed by atoms with E-state index in [0.717, 1.165) is 57.9 Å². The standard InChI is InChI=1S/C29H28BrNO2S/c1-33-24-17-15-23(16-18-24)28(32)26(22-13-7-3-8-14-22)25(21-11-5-2-6-12-21)27(30)29(34)31-19-9-4-10-20-31/h2-3,5-8,11-18,26H,4,9-10,19-20H2,1H3/b27-25+. The Balaban J connectivity index is 1.87. The van der Waals surface area contributed by atoms with Crippen molar-refractivity contribution in [3.05, 3.63) is 106 Å². The van der Waals surface area contributed by atoms with Crippen molar-refractivity contribution in [3.63, 3.8) is 0 Å². The number of allylic oxidation sites excluding steroid dienone is 1. The maximum atomic E-state index is 14.1. The number of hydrogen-bond donors (Lipinski definition) is 0. The Morgan fingerprint density at radius 3 is 2.03 bits per heavy atom. The minimum absolute atomic E-state index is 0.0195. The van der Waals surface area contributed by atoms with E-state index >= 15 is 0 Å². The second kappa shape index (κ2) is 11.6. The van der Waals surface area contributed by atoms with Crippen LogP contribution >= 0.6 is 28.1 Å². The van der Waals surface area contributed by atoms with E-state index in [0.29, 0.717) is 5.56 Å². The first-order chi connectivity index (χ1) is 16.6. The van der Waals surface area contributed by atoms with Gasteiger partial charge in [0.25, 0.3) is 0 Å². The number of nitrogens with zero attached hydrogens (tertiary/aromatic N) is 1. The lowest BCUT2D eigenvalue weighted by Crippen LogP contribution is -2.35. The molecule has 34 heavy (non-hydrogen) atoms. The van der Waals surface area contributed by atoms with Crippen LogP contribution in [-0.2, 0) is 0 Å². The number of likely N-dealkylation sites (tertiary alicyclic amines) is 1. The minimum atomic E-state index is -0.519. The summed E-state index contributed by atoms with van der Waals surface area (Å²) in [6, 6.07) is 27.3. The van der Waals surface area contributed by atoms with Crippen LogP contribution in [0.3, 0.4) is 0 Å². The zero-order chi connectivity index (χ0) is 23.9. The Kier molecular flexibility index (Phi) is 8.30. The number of carbonyl (C=O) groups is 1. The molecule has 3 nitrogen and oxygen atoms in total. The lowest BCUT2D eigenvalue weighted by atomic mass is 9.81. The molecule has 1 unspecified atom stereocenters. The zero-order valence-corrected chi connectivity index (χ0v) is 21.6. The average molecular weight is 535 g/mol. The predicted molar refractivity (Wildman–Crippen MR) is 147 cm³/mol. The fourth-order valence-corrected chi connectivity index (χ4v) is 5.41. The minimum Gasteiger partial charge on any atom is -0.497 e. The fourth-order valence-electron chi connectivity index (χ4n) is 4.41. The first kappa shape index (κ1) is 24.4. The average Bonchev–Trinajstić information content (AvgIpc) is 2.92. The van der Waals surface area contributed by atoms with E-state index in [4.69, 9.17) is 17.0 Å². The van der Waals surface area contributed by atoms with Gasteiger partial charge in [0.2, 0.25) is 0 Å². The molecule has 1 aliphatic rings. The summed E-state index contributed by atoms with van der Waals surface area (Å²) >= 11 is 9.84. The van der Waals surface area contributed by atoms with Crippen molar-refractivity contribution in [1.82, 2.24) is 4.90 Å². The Hall–Kier alpha value is -2.76. The highest BCUT2D eigenvalue weighted by Crippen LogP contribution is 2.40. The quantitative estimate of drug-likeness (QED) is 0.181. The van der Waals surface area contributed by atoms with Gasteiger partial charge in [-0.3, -0.25) is 4.79 Å². The fraction of sp³-hybridized carbons (Fsp3) is 0.241. The number of hydrogen-bond acceptors (Lipinski definition) is 3. The topological polar surface area (TPSA) is 29.5 Å². The van der Waals surface area contributed by atoms with Gasteiger partial charge in [-0.05, 0) is 76.2 Å². The molecule has 0 radical (unpaired) electrons. The summed E-state index contributed by atoms with van der Waals surface area (Å²) in [5.41, 5.74) is 3.43. The lowest BCUT2D eigenvalue weighted by Gasteiger charge is -2.31. The molecule has 0 spiro atoms. The van der Waals surface area contributed by atoms with E-state index in [1.807, 2.05) is 84.9 Å². The molecular formula is C29H28BrNO2S. The number of rotatable bonds is 7. The number of methoxy groups -OCH3 is 1. The van der Waals surface area contributed by atoms with Crippen molar-refractivity contribution in [2.75, 3.05) is 20.2 Å². The number of benzene rings is 3. The third-order valence-corrected chi connectivity index (χ3v) is 7.74. The summed E-state index contributed by atoms with van der Waals surface area (Å²) in [4.78, 5) is 17.1. The number of Topliss-reactive ketones (excluding diaryl/α,β-unsaturated/α-hetero) is 1. The molecule has 1 atom stereocenters. The van der Waals surface area contributed by atoms with Crippen molar-refractivity contribution < 1.29 is 9.53 Å². The van der Waals surface area contributed by atoms with Gasteiger partial charge < -0.3 is 9.64 Å². The van der Waals surface area contributed by atoms with Crippen molar-refractivity contribution in [2.24, 2.45) is 0 Å². The maximum Gasteiger partial charge on any atom is 0.174 e. The molecule has 1 aliphatic heterocycles. The van der Waals surface area contributed by atoms with Crippen LogP contribution < -0.4 is 4.74 Å². The van der Waals surface area contributed by atoms with E-state index in [-0.39, 0.29) is 5.78 Å². The van der Waals surface area contributed by atoms with Gasteiger partial charge in [0.15, 0.2) is 5.78 Å². The SMILES string of the molecule is COc1ccc(C(=O)C(/C(=C(/Br)C(=S)N2CCCCC2)c2ccccc2)c2ccccc2)cc1. The Morgan fingerprint density at radius 1 is 0.853 bits per heavy atom. The third-order valence-electron chi connectivity index (χ3n) is 6.21. The molecule has 1 saturated heterocycles. The van der Waals surface area contributed by atoms with E-state index in [9.17, 15) is 4.79 Å². The molecule has 174 valence electrons. The number of ketones is 1. The number of halogens is 1. The molecule has 1 fully saturated rings. The van der Waals surface area contributed by atoms with Crippen LogP contribution in [0.25, 0.3) is 5.57 Å². The van der Waals surface area contributed by atoms with Gasteiger partial charge in [-0.2, -0.15) is 0 Å². The Labute approximate surface area is 215 Å². The molecule has 0 saturated carbocycles. The van der Waals surface area contributed by atoms with Crippen LogP contribution in [0.5, 0.6) is 5.75 Å². The van der Waals surface area contributed by atoms with Gasteiger partial charge in [0, 0.05) is 18.7 Å². The van der Waals surface area contributed by atoms with Gasteiger partial charge >= 0.3 is 0 Å². The summed E-state index contributed by atoms with van der Waals surface area (Å²) in [6.45, 7) is 1.89. The molecule has 0 amide bonds. The van der Waals surface area contributed by atoms with Crippen LogP contribution in [0.2, 0.25) is 0 Å². The third kappa shape index (κ3) is 5.48. The summed E-state index contributed by atoms with van der Waals surface area (Å²) in [5, 5.41) is 0. The van der Waals surface area contributed by atoms with Gasteiger partial charge in [-0.25, -0.2) is 0 Å².